The summed E-state index contributed by atoms with van der Waals surface area (Å²) in [6, 6.07) is 7.23. The lowest BCUT2D eigenvalue weighted by atomic mass is 9.98. The predicted octanol–water partition coefficient (Wildman–Crippen LogP) is 4.79. The minimum atomic E-state index is -0.349. The number of carbonyl (C=O) groups is 1. The van der Waals surface area contributed by atoms with Crippen LogP contribution in [0, 0.1) is 18.7 Å². The Bertz CT molecular complexity index is 890. The van der Waals surface area contributed by atoms with E-state index in [1.807, 2.05) is 20.8 Å². The molecule has 0 saturated carbocycles. The number of nitrogens with zero attached hydrogens (tertiary/aromatic N) is 1. The molecule has 0 fully saturated rings. The van der Waals surface area contributed by atoms with E-state index in [1.54, 1.807) is 30.6 Å². The number of hydrogen-bond acceptors (Lipinski definition) is 3. The number of halogens is 1. The van der Waals surface area contributed by atoms with Gasteiger partial charge in [-0.1, -0.05) is 13.8 Å². The van der Waals surface area contributed by atoms with Crippen LogP contribution in [-0.4, -0.2) is 11.0 Å². The van der Waals surface area contributed by atoms with Crippen molar-refractivity contribution in [1.29, 1.82) is 0 Å². The van der Waals surface area contributed by atoms with Crippen LogP contribution in [0.15, 0.2) is 47.1 Å². The van der Waals surface area contributed by atoms with E-state index in [2.05, 4.69) is 15.6 Å². The van der Waals surface area contributed by atoms with Crippen molar-refractivity contribution in [3.8, 4) is 0 Å². The fraction of sp³-hybridized carbons (Fsp3) is 0.263. The number of anilines is 1. The quantitative estimate of drug-likeness (QED) is 0.717. The first kappa shape index (κ1) is 17.0. The highest BCUT2D eigenvalue weighted by molar-refractivity contribution is 5.89. The molecule has 0 bridgehead atoms. The number of pyridine rings is 1. The number of urea groups is 1. The zero-order valence-electron chi connectivity index (χ0n) is 14.3. The minimum Gasteiger partial charge on any atom is -0.459 e. The molecule has 3 rings (SSSR count). The van der Waals surface area contributed by atoms with E-state index in [9.17, 15) is 9.18 Å². The third kappa shape index (κ3) is 3.63. The molecule has 6 heteroatoms. The average Bonchev–Trinajstić information content (AvgIpc) is 2.90. The van der Waals surface area contributed by atoms with E-state index < -0.39 is 0 Å². The molecule has 0 aliphatic rings. The second-order valence-electron chi connectivity index (χ2n) is 6.29. The smallest absolute Gasteiger partial charge is 0.319 e. The van der Waals surface area contributed by atoms with Crippen molar-refractivity contribution in [3.63, 3.8) is 0 Å². The summed E-state index contributed by atoms with van der Waals surface area (Å²) in [7, 11) is 0. The molecule has 25 heavy (non-hydrogen) atoms. The number of aromatic nitrogens is 1. The molecular weight excluding hydrogens is 321 g/mol. The normalized spacial score (nSPS) is 12.4. The van der Waals surface area contributed by atoms with E-state index in [4.69, 9.17) is 4.42 Å². The van der Waals surface area contributed by atoms with Crippen LogP contribution in [-0.2, 0) is 0 Å². The number of rotatable bonds is 4. The van der Waals surface area contributed by atoms with Crippen LogP contribution >= 0.6 is 0 Å². The number of furan rings is 1. The summed E-state index contributed by atoms with van der Waals surface area (Å²) in [5.41, 5.74) is 2.04. The molecule has 1 aromatic carbocycles. The summed E-state index contributed by atoms with van der Waals surface area (Å²) >= 11 is 0. The SMILES string of the molecule is Cc1c(C(NC(=O)Nc2cccnc2)C(C)C)oc2ccc(F)cc12. The van der Waals surface area contributed by atoms with E-state index in [0.29, 0.717) is 17.0 Å². The van der Waals surface area contributed by atoms with Crippen molar-refractivity contribution in [2.75, 3.05) is 5.32 Å². The Morgan fingerprint density at radius 3 is 2.76 bits per heavy atom. The van der Waals surface area contributed by atoms with Gasteiger partial charge in [0.25, 0.3) is 0 Å². The van der Waals surface area contributed by atoms with Crippen molar-refractivity contribution in [1.82, 2.24) is 10.3 Å². The number of hydrogen-bond donors (Lipinski definition) is 2. The maximum absolute atomic E-state index is 13.5. The number of benzene rings is 1. The summed E-state index contributed by atoms with van der Waals surface area (Å²) in [6.07, 6.45) is 3.20. The number of nitrogens with one attached hydrogen (secondary N) is 2. The van der Waals surface area contributed by atoms with Crippen molar-refractivity contribution in [2.24, 2.45) is 5.92 Å². The average molecular weight is 341 g/mol. The molecule has 130 valence electrons. The fourth-order valence-corrected chi connectivity index (χ4v) is 2.79. The first-order chi connectivity index (χ1) is 12.0. The molecule has 0 saturated heterocycles. The second-order valence-corrected chi connectivity index (χ2v) is 6.29. The lowest BCUT2D eigenvalue weighted by Gasteiger charge is -2.21. The monoisotopic (exact) mass is 341 g/mol. The topological polar surface area (TPSA) is 67.2 Å². The van der Waals surface area contributed by atoms with Crippen molar-refractivity contribution < 1.29 is 13.6 Å². The van der Waals surface area contributed by atoms with Gasteiger partial charge in [-0.25, -0.2) is 9.18 Å². The van der Waals surface area contributed by atoms with Gasteiger partial charge in [0.15, 0.2) is 0 Å². The number of aryl methyl sites for hydroxylation is 1. The molecule has 1 atom stereocenters. The van der Waals surface area contributed by atoms with Crippen LogP contribution < -0.4 is 10.6 Å². The zero-order chi connectivity index (χ0) is 18.0. The van der Waals surface area contributed by atoms with Crippen LogP contribution in [0.25, 0.3) is 11.0 Å². The molecule has 0 aliphatic carbocycles. The van der Waals surface area contributed by atoms with Gasteiger partial charge in [0.05, 0.1) is 17.9 Å². The predicted molar refractivity (Wildman–Crippen MR) is 94.9 cm³/mol. The Hall–Kier alpha value is -2.89. The van der Waals surface area contributed by atoms with Gasteiger partial charge in [-0.3, -0.25) is 4.98 Å². The summed E-state index contributed by atoms with van der Waals surface area (Å²) in [5, 5.41) is 6.40. The van der Waals surface area contributed by atoms with E-state index in [1.165, 1.54) is 12.1 Å². The third-order valence-electron chi connectivity index (χ3n) is 4.09. The fourth-order valence-electron chi connectivity index (χ4n) is 2.79. The Labute approximate surface area is 145 Å². The zero-order valence-corrected chi connectivity index (χ0v) is 14.3. The standard InChI is InChI=1S/C19H20FN3O2/c1-11(2)17(23-19(24)22-14-5-4-8-21-10-14)18-12(3)15-9-13(20)6-7-16(15)25-18/h4-11,17H,1-3H3,(H2,22,23,24). The highest BCUT2D eigenvalue weighted by Gasteiger charge is 2.25. The van der Waals surface area contributed by atoms with Gasteiger partial charge in [-0.15, -0.1) is 0 Å². The van der Waals surface area contributed by atoms with Gasteiger partial charge in [-0.2, -0.15) is 0 Å². The van der Waals surface area contributed by atoms with E-state index in [0.717, 1.165) is 10.9 Å². The molecule has 0 spiro atoms. The Morgan fingerprint density at radius 2 is 2.08 bits per heavy atom. The molecule has 3 aromatic rings. The molecule has 2 N–H and O–H groups in total. The second kappa shape index (κ2) is 6.93. The van der Waals surface area contributed by atoms with Crippen LogP contribution in [0.1, 0.15) is 31.2 Å². The maximum atomic E-state index is 13.5. The van der Waals surface area contributed by atoms with Gasteiger partial charge in [-0.05, 0) is 43.2 Å². The van der Waals surface area contributed by atoms with Crippen molar-refractivity contribution in [2.45, 2.75) is 26.8 Å². The van der Waals surface area contributed by atoms with Crippen LogP contribution in [0.4, 0.5) is 14.9 Å². The molecule has 5 nitrogen and oxygen atoms in total. The number of fused-ring (bicyclic) bond motifs is 1. The van der Waals surface area contributed by atoms with Crippen LogP contribution in [0.3, 0.4) is 0 Å². The summed E-state index contributed by atoms with van der Waals surface area (Å²) in [6.45, 7) is 5.85. The Kier molecular flexibility index (Phi) is 4.70. The highest BCUT2D eigenvalue weighted by atomic mass is 19.1. The van der Waals surface area contributed by atoms with E-state index in [-0.39, 0.29) is 23.8 Å². The van der Waals surface area contributed by atoms with Gasteiger partial charge < -0.3 is 15.1 Å². The largest absolute Gasteiger partial charge is 0.459 e. The van der Waals surface area contributed by atoms with Crippen LogP contribution in [0.2, 0.25) is 0 Å². The maximum Gasteiger partial charge on any atom is 0.319 e. The van der Waals surface area contributed by atoms with Crippen LogP contribution in [0.5, 0.6) is 0 Å². The third-order valence-corrected chi connectivity index (χ3v) is 4.09. The molecular formula is C19H20FN3O2. The van der Waals surface area contributed by atoms with Gasteiger partial charge in [0.1, 0.15) is 17.2 Å². The summed E-state index contributed by atoms with van der Waals surface area (Å²) < 4.78 is 19.4. The molecule has 2 heterocycles. The van der Waals surface area contributed by atoms with Gasteiger partial charge >= 0.3 is 6.03 Å². The lowest BCUT2D eigenvalue weighted by molar-refractivity contribution is 0.241. The number of carbonyl (C=O) groups excluding carboxylic acids is 1. The highest BCUT2D eigenvalue weighted by Crippen LogP contribution is 2.33. The Morgan fingerprint density at radius 1 is 1.28 bits per heavy atom. The molecule has 2 aromatic heterocycles. The van der Waals surface area contributed by atoms with Gasteiger partial charge in [0.2, 0.25) is 0 Å². The molecule has 1 unspecified atom stereocenters. The molecule has 0 radical (unpaired) electrons. The minimum absolute atomic E-state index is 0.0868. The first-order valence-corrected chi connectivity index (χ1v) is 8.12. The summed E-state index contributed by atoms with van der Waals surface area (Å²) in [4.78, 5) is 16.3. The van der Waals surface area contributed by atoms with Gasteiger partial charge in [0, 0.05) is 17.1 Å². The first-order valence-electron chi connectivity index (χ1n) is 8.12. The lowest BCUT2D eigenvalue weighted by Crippen LogP contribution is -2.35. The molecule has 2 amide bonds. The Balaban J connectivity index is 1.86. The summed E-state index contributed by atoms with van der Waals surface area (Å²) in [5.74, 6) is 0.409. The number of amides is 2. The van der Waals surface area contributed by atoms with Crippen molar-refractivity contribution >= 4 is 22.7 Å². The van der Waals surface area contributed by atoms with Crippen molar-refractivity contribution in [3.05, 3.63) is 59.9 Å². The molecule has 0 aliphatic heterocycles. The van der Waals surface area contributed by atoms with E-state index >= 15 is 0 Å².